The minimum absolute atomic E-state index is 0.117. The van der Waals surface area contributed by atoms with Gasteiger partial charge >= 0.3 is 0 Å². The van der Waals surface area contributed by atoms with E-state index in [0.717, 1.165) is 42.2 Å². The highest BCUT2D eigenvalue weighted by molar-refractivity contribution is 7.98. The number of aryl methyl sites for hydroxylation is 1. The molecule has 0 aromatic heterocycles. The maximum atomic E-state index is 10.5. The van der Waals surface area contributed by atoms with Gasteiger partial charge in [-0.3, -0.25) is 0 Å². The first-order valence-corrected chi connectivity index (χ1v) is 11.2. The van der Waals surface area contributed by atoms with Crippen molar-refractivity contribution in [1.29, 1.82) is 0 Å². The van der Waals surface area contributed by atoms with Crippen molar-refractivity contribution in [3.8, 4) is 5.75 Å². The second-order valence-corrected chi connectivity index (χ2v) is 9.36. The number of thioether (sulfide) groups is 1. The minimum atomic E-state index is -0.117. The average Bonchev–Trinajstić information content (AvgIpc) is 2.96. The van der Waals surface area contributed by atoms with Gasteiger partial charge in [-0.1, -0.05) is 6.92 Å². The third-order valence-corrected chi connectivity index (χ3v) is 8.29. The Hall–Kier alpha value is -0.440. The Labute approximate surface area is 163 Å². The zero-order chi connectivity index (χ0) is 18.3. The zero-order valence-electron chi connectivity index (χ0n) is 15.3. The smallest absolute Gasteiger partial charge is 0.260 e. The standard InChI is InChI=1S/C19H27NO4S2/c1-19-8-7-12-13(15(19)5-6-18(19)21)4-3-11-9-16(22-26-24-23-20)17(25-2)10-14(11)12/h9-10,12-13,15,18,21H,3-8,20H2,1-2H3/t12?,13?,15?,18-,19-/m0/s1. The fourth-order valence-corrected chi connectivity index (χ4v) is 6.71. The number of fused-ring (bicyclic) bond motifs is 5. The quantitative estimate of drug-likeness (QED) is 0.251. The van der Waals surface area contributed by atoms with Crippen LogP contribution in [0.5, 0.6) is 5.75 Å². The van der Waals surface area contributed by atoms with Crippen LogP contribution in [-0.4, -0.2) is 17.5 Å². The van der Waals surface area contributed by atoms with E-state index in [1.165, 1.54) is 30.4 Å². The Morgan fingerprint density at radius 2 is 2.08 bits per heavy atom. The summed E-state index contributed by atoms with van der Waals surface area (Å²) in [5.41, 5.74) is 3.00. The van der Waals surface area contributed by atoms with Crippen LogP contribution in [-0.2, 0) is 15.7 Å². The van der Waals surface area contributed by atoms with Crippen molar-refractivity contribution in [2.45, 2.75) is 62.4 Å². The second kappa shape index (κ2) is 7.53. The van der Waals surface area contributed by atoms with E-state index >= 15 is 0 Å². The molecule has 0 saturated heterocycles. The SMILES string of the molecule is CSc1cc2c(cc1OSOON)CCC1C2CC[C@@]2(C)C1CC[C@@H]2O. The summed E-state index contributed by atoms with van der Waals surface area (Å²) >= 11 is 2.41. The van der Waals surface area contributed by atoms with E-state index in [1.807, 2.05) is 0 Å². The molecule has 144 valence electrons. The number of aliphatic hydroxyl groups excluding tert-OH is 1. The van der Waals surface area contributed by atoms with Gasteiger partial charge in [0.05, 0.1) is 11.0 Å². The normalized spacial score (nSPS) is 35.5. The zero-order valence-corrected chi connectivity index (χ0v) is 16.9. The van der Waals surface area contributed by atoms with Gasteiger partial charge in [-0.25, -0.2) is 0 Å². The molecule has 3 unspecified atom stereocenters. The molecule has 5 nitrogen and oxygen atoms in total. The molecule has 2 fully saturated rings. The Bertz CT molecular complexity index is 673. The first-order chi connectivity index (χ1) is 12.6. The van der Waals surface area contributed by atoms with Crippen LogP contribution >= 0.6 is 24.1 Å². The molecule has 1 aromatic rings. The van der Waals surface area contributed by atoms with Crippen LogP contribution in [0.3, 0.4) is 0 Å². The molecule has 3 aliphatic rings. The van der Waals surface area contributed by atoms with Gasteiger partial charge in [-0.15, -0.1) is 21.1 Å². The summed E-state index contributed by atoms with van der Waals surface area (Å²) < 4.78 is 10.2. The molecular weight excluding hydrogens is 370 g/mol. The summed E-state index contributed by atoms with van der Waals surface area (Å²) in [4.78, 5) is 5.20. The Morgan fingerprint density at radius 1 is 1.23 bits per heavy atom. The van der Waals surface area contributed by atoms with Crippen molar-refractivity contribution in [1.82, 2.24) is 0 Å². The summed E-state index contributed by atoms with van der Waals surface area (Å²) in [5, 5.41) is 10.5. The average molecular weight is 398 g/mol. The van der Waals surface area contributed by atoms with Gasteiger partial charge in [0.25, 0.3) is 12.3 Å². The van der Waals surface area contributed by atoms with Crippen molar-refractivity contribution in [3.63, 3.8) is 0 Å². The van der Waals surface area contributed by atoms with Crippen molar-refractivity contribution in [3.05, 3.63) is 23.3 Å². The van der Waals surface area contributed by atoms with Crippen LogP contribution in [0.4, 0.5) is 0 Å². The highest BCUT2D eigenvalue weighted by Gasteiger charge is 2.54. The molecule has 0 bridgehead atoms. The number of benzene rings is 1. The van der Waals surface area contributed by atoms with E-state index < -0.39 is 0 Å². The lowest BCUT2D eigenvalue weighted by Gasteiger charge is -2.50. The van der Waals surface area contributed by atoms with E-state index in [0.29, 0.717) is 17.8 Å². The Balaban J connectivity index is 1.62. The van der Waals surface area contributed by atoms with Crippen LogP contribution in [0, 0.1) is 17.3 Å². The summed E-state index contributed by atoms with van der Waals surface area (Å²) in [6.45, 7) is 2.32. The first kappa shape index (κ1) is 18.9. The lowest BCUT2D eigenvalue weighted by Crippen LogP contribution is -2.43. The largest absolute Gasteiger partial charge is 0.397 e. The molecule has 3 N–H and O–H groups in total. The van der Waals surface area contributed by atoms with Crippen molar-refractivity contribution < 1.29 is 18.6 Å². The first-order valence-electron chi connectivity index (χ1n) is 9.34. The van der Waals surface area contributed by atoms with Crippen LogP contribution in [0.25, 0.3) is 0 Å². The molecule has 7 heteroatoms. The molecule has 0 radical (unpaired) electrons. The molecule has 2 saturated carbocycles. The van der Waals surface area contributed by atoms with E-state index in [2.05, 4.69) is 34.6 Å². The number of nitrogens with two attached hydrogens (primary N) is 1. The molecule has 0 heterocycles. The lowest BCUT2D eigenvalue weighted by atomic mass is 9.55. The van der Waals surface area contributed by atoms with E-state index in [9.17, 15) is 5.11 Å². The van der Waals surface area contributed by atoms with Crippen LogP contribution in [0.2, 0.25) is 0 Å². The Morgan fingerprint density at radius 3 is 2.85 bits per heavy atom. The van der Waals surface area contributed by atoms with Crippen molar-refractivity contribution in [2.75, 3.05) is 6.26 Å². The van der Waals surface area contributed by atoms with Crippen molar-refractivity contribution >= 4 is 24.1 Å². The topological polar surface area (TPSA) is 73.9 Å². The molecule has 0 amide bonds. The Kier molecular flexibility index (Phi) is 5.47. The third-order valence-electron chi connectivity index (χ3n) is 7.15. The molecule has 0 spiro atoms. The number of hydrogen-bond donors (Lipinski definition) is 2. The fourth-order valence-electron chi connectivity index (χ4n) is 5.84. The summed E-state index contributed by atoms with van der Waals surface area (Å²) in [5.74, 6) is 7.63. The van der Waals surface area contributed by atoms with Crippen LogP contribution in [0.15, 0.2) is 17.0 Å². The van der Waals surface area contributed by atoms with Gasteiger partial charge in [0.15, 0.2) is 5.75 Å². The number of hydrogen-bond acceptors (Lipinski definition) is 7. The van der Waals surface area contributed by atoms with Crippen LogP contribution in [0.1, 0.15) is 56.1 Å². The molecule has 26 heavy (non-hydrogen) atoms. The van der Waals surface area contributed by atoms with Gasteiger partial charge in [-0.2, -0.15) is 5.90 Å². The fraction of sp³-hybridized carbons (Fsp3) is 0.684. The third kappa shape index (κ3) is 3.06. The minimum Gasteiger partial charge on any atom is -0.397 e. The molecule has 1 aromatic carbocycles. The summed E-state index contributed by atoms with van der Waals surface area (Å²) in [7, 11) is 0. The highest BCUT2D eigenvalue weighted by Crippen LogP contribution is 2.61. The van der Waals surface area contributed by atoms with E-state index in [4.69, 9.17) is 10.1 Å². The number of aliphatic hydroxyl groups is 1. The van der Waals surface area contributed by atoms with Gasteiger partial charge in [0.1, 0.15) is 0 Å². The van der Waals surface area contributed by atoms with Crippen LogP contribution < -0.4 is 10.1 Å². The van der Waals surface area contributed by atoms with Gasteiger partial charge in [-0.05, 0) is 91.2 Å². The maximum Gasteiger partial charge on any atom is 0.260 e. The molecule has 4 rings (SSSR count). The second-order valence-electron chi connectivity index (χ2n) is 8.07. The molecule has 0 aliphatic heterocycles. The van der Waals surface area contributed by atoms with Crippen molar-refractivity contribution in [2.24, 2.45) is 23.1 Å². The van der Waals surface area contributed by atoms with E-state index in [-0.39, 0.29) is 11.5 Å². The molecule has 5 atom stereocenters. The predicted octanol–water partition coefficient (Wildman–Crippen LogP) is 4.39. The molecule has 3 aliphatic carbocycles. The number of rotatable bonds is 5. The van der Waals surface area contributed by atoms with Gasteiger partial charge in [0.2, 0.25) is 0 Å². The summed E-state index contributed by atoms with van der Waals surface area (Å²) in [6.07, 6.45) is 8.68. The predicted molar refractivity (Wildman–Crippen MR) is 103 cm³/mol. The summed E-state index contributed by atoms with van der Waals surface area (Å²) in [6, 6.07) is 4.46. The van der Waals surface area contributed by atoms with Gasteiger partial charge in [0, 0.05) is 0 Å². The highest BCUT2D eigenvalue weighted by atomic mass is 32.2. The van der Waals surface area contributed by atoms with E-state index in [1.54, 1.807) is 11.8 Å². The lowest BCUT2D eigenvalue weighted by molar-refractivity contribution is -0.199. The maximum absolute atomic E-state index is 10.5. The molecular formula is C19H27NO4S2. The monoisotopic (exact) mass is 397 g/mol. The van der Waals surface area contributed by atoms with Gasteiger partial charge < -0.3 is 9.29 Å².